The number of rotatable bonds is 5. The first-order chi connectivity index (χ1) is 13.1. The molecule has 0 bridgehead atoms. The molecule has 0 atom stereocenters. The van der Waals surface area contributed by atoms with Crippen molar-refractivity contribution < 1.29 is 26.0 Å². The highest BCUT2D eigenvalue weighted by Gasteiger charge is 2.34. The largest absolute Gasteiger partial charge is 0.417 e. The number of halogens is 5. The molecule has 3 aromatic rings. The molecule has 4 nitrogen and oxygen atoms in total. The normalized spacial score (nSPS) is 12.3. The lowest BCUT2D eigenvalue weighted by Gasteiger charge is -2.11. The quantitative estimate of drug-likeness (QED) is 0.583. The molecular weight excluding hydrogens is 420 g/mol. The third-order valence-corrected chi connectivity index (χ3v) is 6.05. The maximum atomic E-state index is 14.0. The van der Waals surface area contributed by atoms with E-state index in [9.17, 15) is 26.0 Å². The van der Waals surface area contributed by atoms with E-state index in [1.807, 2.05) is 0 Å². The van der Waals surface area contributed by atoms with Gasteiger partial charge in [-0.1, -0.05) is 17.7 Å². The van der Waals surface area contributed by atoms with Gasteiger partial charge in [0.05, 0.1) is 32.6 Å². The van der Waals surface area contributed by atoms with Crippen LogP contribution in [0.5, 0.6) is 0 Å². The van der Waals surface area contributed by atoms with E-state index in [4.69, 9.17) is 11.6 Å². The zero-order chi connectivity index (χ0) is 20.5. The number of hydrogen-bond acceptors (Lipinski definition) is 3. The fourth-order valence-electron chi connectivity index (χ4n) is 2.58. The minimum Gasteiger partial charge on any atom is -0.359 e. The van der Waals surface area contributed by atoms with Crippen LogP contribution in [0, 0.1) is 5.82 Å². The third-order valence-electron chi connectivity index (χ3n) is 4.04. The lowest BCUT2D eigenvalue weighted by molar-refractivity contribution is -0.137. The van der Waals surface area contributed by atoms with Crippen LogP contribution in [0.1, 0.15) is 11.1 Å². The van der Waals surface area contributed by atoms with Crippen LogP contribution in [-0.4, -0.2) is 24.1 Å². The summed E-state index contributed by atoms with van der Waals surface area (Å²) in [5.74, 6) is -1.65. The van der Waals surface area contributed by atoms with Gasteiger partial charge < -0.3 is 4.98 Å². The number of benzene rings is 1. The highest BCUT2D eigenvalue weighted by molar-refractivity contribution is 7.91. The zero-order valence-electron chi connectivity index (χ0n) is 14.1. The van der Waals surface area contributed by atoms with Crippen molar-refractivity contribution in [2.24, 2.45) is 0 Å². The van der Waals surface area contributed by atoms with E-state index in [-0.39, 0.29) is 22.9 Å². The van der Waals surface area contributed by atoms with Gasteiger partial charge in [0.2, 0.25) is 0 Å². The second-order valence-electron chi connectivity index (χ2n) is 5.95. The number of aryl methyl sites for hydroxylation is 1. The van der Waals surface area contributed by atoms with E-state index in [1.54, 1.807) is 24.4 Å². The second-order valence-corrected chi connectivity index (χ2v) is 8.47. The second kappa shape index (κ2) is 7.56. The molecule has 0 aliphatic rings. The fourth-order valence-corrected chi connectivity index (χ4v) is 4.14. The number of sulfone groups is 1. The molecule has 148 valence electrons. The fraction of sp³-hybridized carbons (Fsp3) is 0.167. The Kier molecular flexibility index (Phi) is 5.49. The summed E-state index contributed by atoms with van der Waals surface area (Å²) in [6.07, 6.45) is -2.28. The highest BCUT2D eigenvalue weighted by atomic mass is 35.5. The summed E-state index contributed by atoms with van der Waals surface area (Å²) >= 11 is 5.58. The standard InChI is InChI=1S/C18H13ClF4N2O2S/c19-14-7-11(15(20)9-13(14)18(21,22)23)4-6-28(26,27)12-8-17(25-10-12)16-3-1-2-5-24-16/h1-3,5,7-10,25H,4,6H2. The Balaban J connectivity index is 1.79. The molecule has 0 radical (unpaired) electrons. The molecular formula is C18H13ClF4N2O2S. The van der Waals surface area contributed by atoms with Gasteiger partial charge >= 0.3 is 6.18 Å². The predicted octanol–water partition coefficient (Wildman–Crippen LogP) is 4.90. The van der Waals surface area contributed by atoms with Gasteiger partial charge in [-0.3, -0.25) is 4.98 Å². The predicted molar refractivity (Wildman–Crippen MR) is 96.2 cm³/mol. The molecule has 28 heavy (non-hydrogen) atoms. The van der Waals surface area contributed by atoms with E-state index in [2.05, 4.69) is 9.97 Å². The van der Waals surface area contributed by atoms with Gasteiger partial charge in [0, 0.05) is 12.4 Å². The minimum absolute atomic E-state index is 0.0217. The Bertz CT molecular complexity index is 1100. The summed E-state index contributed by atoms with van der Waals surface area (Å²) in [5.41, 5.74) is -0.474. The number of aromatic amines is 1. The average Bonchev–Trinajstić information content (AvgIpc) is 3.13. The molecule has 10 heteroatoms. The molecule has 3 rings (SSSR count). The number of nitrogens with zero attached hydrogens (tertiary/aromatic N) is 1. The lowest BCUT2D eigenvalue weighted by Crippen LogP contribution is -2.11. The van der Waals surface area contributed by atoms with E-state index in [0.717, 1.165) is 6.07 Å². The monoisotopic (exact) mass is 432 g/mol. The molecule has 0 unspecified atom stereocenters. The molecule has 1 N–H and O–H groups in total. The number of alkyl halides is 3. The summed E-state index contributed by atoms with van der Waals surface area (Å²) in [5, 5.41) is -0.680. The van der Waals surface area contributed by atoms with Crippen molar-refractivity contribution >= 4 is 21.4 Å². The summed E-state index contributed by atoms with van der Waals surface area (Å²) in [6, 6.07) is 7.64. The van der Waals surface area contributed by atoms with E-state index in [0.29, 0.717) is 11.4 Å². The highest BCUT2D eigenvalue weighted by Crippen LogP contribution is 2.36. The van der Waals surface area contributed by atoms with Gasteiger partial charge in [-0.2, -0.15) is 13.2 Å². The van der Waals surface area contributed by atoms with Crippen LogP contribution in [0.15, 0.2) is 53.7 Å². The zero-order valence-corrected chi connectivity index (χ0v) is 15.7. The van der Waals surface area contributed by atoms with Crippen molar-refractivity contribution in [3.8, 4) is 11.4 Å². The van der Waals surface area contributed by atoms with Gasteiger partial charge in [0.1, 0.15) is 5.82 Å². The van der Waals surface area contributed by atoms with Crippen molar-refractivity contribution in [2.75, 3.05) is 5.75 Å². The Morgan fingerprint density at radius 3 is 2.54 bits per heavy atom. The van der Waals surface area contributed by atoms with Crippen LogP contribution in [0.25, 0.3) is 11.4 Å². The smallest absolute Gasteiger partial charge is 0.359 e. The number of pyridine rings is 1. The summed E-state index contributed by atoms with van der Waals surface area (Å²) in [4.78, 5) is 6.89. The topological polar surface area (TPSA) is 62.8 Å². The molecule has 0 saturated carbocycles. The van der Waals surface area contributed by atoms with Gasteiger partial charge in [-0.25, -0.2) is 12.8 Å². The summed E-state index contributed by atoms with van der Waals surface area (Å²) in [6.45, 7) is 0. The van der Waals surface area contributed by atoms with Gasteiger partial charge in [-0.15, -0.1) is 0 Å². The van der Waals surface area contributed by atoms with Gasteiger partial charge in [0.15, 0.2) is 9.84 Å². The van der Waals surface area contributed by atoms with Crippen molar-refractivity contribution in [2.45, 2.75) is 17.5 Å². The molecule has 2 heterocycles. The third kappa shape index (κ3) is 4.36. The van der Waals surface area contributed by atoms with Crippen molar-refractivity contribution in [3.63, 3.8) is 0 Å². The first-order valence-corrected chi connectivity index (χ1v) is 9.98. The number of aromatic nitrogens is 2. The Morgan fingerprint density at radius 2 is 1.89 bits per heavy atom. The molecule has 2 aromatic heterocycles. The van der Waals surface area contributed by atoms with Crippen LogP contribution in [0.2, 0.25) is 5.02 Å². The van der Waals surface area contributed by atoms with Gasteiger partial charge in [0.25, 0.3) is 0 Å². The lowest BCUT2D eigenvalue weighted by atomic mass is 10.1. The average molecular weight is 433 g/mol. The van der Waals surface area contributed by atoms with E-state index < -0.39 is 38.2 Å². The van der Waals surface area contributed by atoms with Crippen molar-refractivity contribution in [1.29, 1.82) is 0 Å². The Labute approximate surface area is 163 Å². The van der Waals surface area contributed by atoms with Crippen LogP contribution in [0.3, 0.4) is 0 Å². The number of hydrogen-bond donors (Lipinski definition) is 1. The van der Waals surface area contributed by atoms with E-state index in [1.165, 1.54) is 12.3 Å². The van der Waals surface area contributed by atoms with Gasteiger partial charge in [-0.05, 0) is 42.3 Å². The molecule has 0 aliphatic heterocycles. The van der Waals surface area contributed by atoms with Crippen LogP contribution in [-0.2, 0) is 22.4 Å². The van der Waals surface area contributed by atoms with Crippen molar-refractivity contribution in [1.82, 2.24) is 9.97 Å². The molecule has 0 spiro atoms. The van der Waals surface area contributed by atoms with Crippen LogP contribution in [0.4, 0.5) is 17.6 Å². The Morgan fingerprint density at radius 1 is 1.14 bits per heavy atom. The minimum atomic E-state index is -4.80. The maximum Gasteiger partial charge on any atom is 0.417 e. The number of H-pyrrole nitrogens is 1. The molecule has 0 saturated heterocycles. The summed E-state index contributed by atoms with van der Waals surface area (Å²) < 4.78 is 77.2. The molecule has 0 aliphatic carbocycles. The first-order valence-electron chi connectivity index (χ1n) is 7.95. The molecule has 0 amide bonds. The summed E-state index contributed by atoms with van der Waals surface area (Å²) in [7, 11) is -3.80. The number of nitrogens with one attached hydrogen (secondary N) is 1. The molecule has 1 aromatic carbocycles. The van der Waals surface area contributed by atoms with Crippen LogP contribution < -0.4 is 0 Å². The van der Waals surface area contributed by atoms with Crippen molar-refractivity contribution in [3.05, 3.63) is 70.8 Å². The molecule has 0 fully saturated rings. The SMILES string of the molecule is O=S(=O)(CCc1cc(Cl)c(C(F)(F)F)cc1F)c1c[nH]c(-c2ccccn2)c1. The maximum absolute atomic E-state index is 14.0. The Hall–Kier alpha value is -2.39. The van der Waals surface area contributed by atoms with E-state index >= 15 is 0 Å². The first kappa shape index (κ1) is 20.3. The van der Waals surface area contributed by atoms with Crippen LogP contribution >= 0.6 is 11.6 Å².